The summed E-state index contributed by atoms with van der Waals surface area (Å²) in [6.45, 7) is 5.70. The van der Waals surface area contributed by atoms with E-state index in [-0.39, 0.29) is 29.9 Å². The van der Waals surface area contributed by atoms with Crippen LogP contribution in [0.2, 0.25) is 0 Å². The highest BCUT2D eigenvalue weighted by Gasteiger charge is 2.34. The lowest BCUT2D eigenvalue weighted by molar-refractivity contribution is -0.123. The van der Waals surface area contributed by atoms with Gasteiger partial charge >= 0.3 is 13.5 Å². The molecule has 240 valence electrons. The number of nitrogens with zero attached hydrogens (tertiary/aromatic N) is 9. The first-order valence-corrected chi connectivity index (χ1v) is 16.1. The van der Waals surface area contributed by atoms with Crippen LogP contribution in [0.15, 0.2) is 39.4 Å². The molecule has 2 aliphatic heterocycles. The van der Waals surface area contributed by atoms with Crippen molar-refractivity contribution in [3.63, 3.8) is 0 Å². The van der Waals surface area contributed by atoms with Crippen molar-refractivity contribution < 1.29 is 23.7 Å². The zero-order valence-corrected chi connectivity index (χ0v) is 26.5. The number of aromatic nitrogens is 6. The van der Waals surface area contributed by atoms with Gasteiger partial charge in [-0.3, -0.25) is 33.1 Å². The molecule has 0 saturated carbocycles. The lowest BCUT2D eigenvalue weighted by atomic mass is 9.81. The molecule has 0 bridgehead atoms. The quantitative estimate of drug-likeness (QED) is 0.254. The van der Waals surface area contributed by atoms with Crippen molar-refractivity contribution in [3.8, 4) is 11.3 Å². The molecule has 16 nitrogen and oxygen atoms in total. The first kappa shape index (κ1) is 32.3. The summed E-state index contributed by atoms with van der Waals surface area (Å²) in [5.74, 6) is -1.08. The first-order chi connectivity index (χ1) is 21.3. The van der Waals surface area contributed by atoms with E-state index in [1.165, 1.54) is 24.0 Å². The molecule has 1 amide bonds. The van der Waals surface area contributed by atoms with E-state index in [2.05, 4.69) is 36.8 Å². The summed E-state index contributed by atoms with van der Waals surface area (Å²) >= 11 is 0. The largest absolute Gasteiger partial charge is 0.471 e. The van der Waals surface area contributed by atoms with Gasteiger partial charge in [0, 0.05) is 62.7 Å². The number of anilines is 2. The minimum atomic E-state index is -4.95. The molecule has 3 aromatic rings. The van der Waals surface area contributed by atoms with E-state index in [0.717, 1.165) is 28.9 Å². The molecule has 2 aliphatic rings. The van der Waals surface area contributed by atoms with Crippen molar-refractivity contribution in [1.29, 1.82) is 0 Å². The summed E-state index contributed by atoms with van der Waals surface area (Å²) in [6, 6.07) is 0.339. The van der Waals surface area contributed by atoms with Gasteiger partial charge in [0.05, 0.1) is 23.7 Å². The molecule has 2 N–H and O–H groups in total. The highest BCUT2D eigenvalue weighted by Crippen LogP contribution is 2.38. The number of aliphatic imine (C=N–C) groups is 1. The molecule has 4 unspecified atom stereocenters. The van der Waals surface area contributed by atoms with Crippen molar-refractivity contribution >= 4 is 37.5 Å². The van der Waals surface area contributed by atoms with Crippen LogP contribution < -0.4 is 21.0 Å². The number of hydrogen-bond donors (Lipinski definition) is 2. The average molecular weight is 642 g/mol. The van der Waals surface area contributed by atoms with Gasteiger partial charge in [0.15, 0.2) is 5.82 Å². The molecule has 3 aromatic heterocycles. The summed E-state index contributed by atoms with van der Waals surface area (Å²) < 4.78 is 18.7. The van der Waals surface area contributed by atoms with Crippen molar-refractivity contribution in [2.24, 2.45) is 30.9 Å². The molecule has 4 atom stereocenters. The highest BCUT2D eigenvalue weighted by molar-refractivity contribution is 7.46. The number of hydrogen-bond acceptors (Lipinski definition) is 11. The minimum absolute atomic E-state index is 0.00890. The number of rotatable bonds is 9. The second-order valence-electron chi connectivity index (χ2n) is 11.5. The molecule has 0 radical (unpaired) electrons. The Morgan fingerprint density at radius 3 is 2.49 bits per heavy atom. The third kappa shape index (κ3) is 6.64. The second kappa shape index (κ2) is 12.7. The Labute approximate surface area is 258 Å². The Morgan fingerprint density at radius 1 is 1.13 bits per heavy atom. The summed E-state index contributed by atoms with van der Waals surface area (Å²) in [4.78, 5) is 83.2. The Bertz CT molecular complexity index is 1790. The fourth-order valence-corrected chi connectivity index (χ4v) is 6.06. The second-order valence-corrected chi connectivity index (χ2v) is 12.8. The van der Waals surface area contributed by atoms with Crippen LogP contribution in [-0.4, -0.2) is 70.3 Å². The minimum Gasteiger partial charge on any atom is -0.338 e. The summed E-state index contributed by atoms with van der Waals surface area (Å²) in [6.07, 6.45) is 9.99. The average Bonchev–Trinajstić information content (AvgIpc) is 3.45. The van der Waals surface area contributed by atoms with Gasteiger partial charge in [-0.1, -0.05) is 13.8 Å². The van der Waals surface area contributed by atoms with Crippen LogP contribution in [0.4, 0.5) is 17.6 Å². The van der Waals surface area contributed by atoms with Crippen molar-refractivity contribution in [1.82, 2.24) is 29.1 Å². The molecule has 5 rings (SSSR count). The van der Waals surface area contributed by atoms with E-state index in [1.54, 1.807) is 32.6 Å². The topological polar surface area (TPSA) is 198 Å². The first-order valence-electron chi connectivity index (χ1n) is 14.5. The zero-order valence-electron chi connectivity index (χ0n) is 25.6. The molecule has 0 spiro atoms. The van der Waals surface area contributed by atoms with Crippen LogP contribution in [0.3, 0.4) is 0 Å². The van der Waals surface area contributed by atoms with Crippen molar-refractivity contribution in [3.05, 3.63) is 51.2 Å². The Kier molecular flexibility index (Phi) is 9.12. The lowest BCUT2D eigenvalue weighted by Crippen LogP contribution is -2.42. The highest BCUT2D eigenvalue weighted by atomic mass is 31.2. The molecule has 1 saturated heterocycles. The van der Waals surface area contributed by atoms with Gasteiger partial charge in [0.25, 0.3) is 5.56 Å². The number of amides is 1. The molecule has 17 heteroatoms. The Balaban J connectivity index is 1.39. The van der Waals surface area contributed by atoms with E-state index in [1.807, 2.05) is 6.92 Å². The van der Waals surface area contributed by atoms with E-state index >= 15 is 0 Å². The number of phosphoric acid groups is 1. The summed E-state index contributed by atoms with van der Waals surface area (Å²) in [5, 5.41) is 0. The normalized spacial score (nSPS) is 20.2. The summed E-state index contributed by atoms with van der Waals surface area (Å²) in [7, 11) is -2.01. The fraction of sp³-hybridized carbons (Fsp3) is 0.500. The Morgan fingerprint density at radius 2 is 1.84 bits per heavy atom. The lowest BCUT2D eigenvalue weighted by Gasteiger charge is -2.30. The maximum atomic E-state index is 13.8. The van der Waals surface area contributed by atoms with Crippen LogP contribution in [0, 0.1) is 11.8 Å². The predicted molar refractivity (Wildman–Crippen MR) is 165 cm³/mol. The predicted octanol–water partition coefficient (Wildman–Crippen LogP) is 1.88. The maximum absolute atomic E-state index is 13.8. The molecule has 0 aromatic carbocycles. The molecule has 5 heterocycles. The number of carbonyl (C=O) groups is 1. The molecular formula is C28H36N9O7P. The Hall–Kier alpha value is -4.11. The van der Waals surface area contributed by atoms with Crippen LogP contribution in [0.25, 0.3) is 11.3 Å². The van der Waals surface area contributed by atoms with E-state index in [0.29, 0.717) is 28.8 Å². The van der Waals surface area contributed by atoms with Crippen LogP contribution in [0.1, 0.15) is 51.5 Å². The standard InChI is InChI=1S/C28H36N9O7P/c1-16(9-19-10-30-24-23(18(19)3)26(39)35(5)28(40)34(24)4)25(38)37(15-44-45(41,42)43)22-14-29-13-21(33-22)20-11-31-27(32-12-20)36-8-6-7-17(36)2/h10-14,16-19H,6-9,15H2,1-5H3,(H2,41,42,43). The third-order valence-corrected chi connectivity index (χ3v) is 8.92. The number of phosphoric ester groups is 1. The maximum Gasteiger partial charge on any atom is 0.471 e. The molecule has 0 aliphatic carbocycles. The SMILES string of the molecule is CC(CC1C=Nc2c(c(=O)n(C)c(=O)n2C)C1C)C(=O)N(COP(=O)(O)O)c1cncc(-c2cnc(N3CCCC3C)nc2)n1. The van der Waals surface area contributed by atoms with Crippen molar-refractivity contribution in [2.45, 2.75) is 52.0 Å². The monoisotopic (exact) mass is 641 g/mol. The molecule has 1 fully saturated rings. The van der Waals surface area contributed by atoms with E-state index in [4.69, 9.17) is 4.52 Å². The van der Waals surface area contributed by atoms with Crippen LogP contribution in [-0.2, 0) is 28.0 Å². The van der Waals surface area contributed by atoms with Gasteiger partial charge < -0.3 is 14.7 Å². The molecular weight excluding hydrogens is 605 g/mol. The smallest absolute Gasteiger partial charge is 0.338 e. The van der Waals surface area contributed by atoms with Gasteiger partial charge in [-0.25, -0.2) is 29.3 Å². The number of carbonyl (C=O) groups excluding carboxylic acids is 1. The van der Waals surface area contributed by atoms with Gasteiger partial charge in [-0.2, -0.15) is 0 Å². The van der Waals surface area contributed by atoms with Gasteiger partial charge in [-0.05, 0) is 32.1 Å². The summed E-state index contributed by atoms with van der Waals surface area (Å²) in [5.41, 5.74) is 0.328. The van der Waals surface area contributed by atoms with Crippen LogP contribution >= 0.6 is 7.82 Å². The zero-order chi connectivity index (χ0) is 32.6. The number of fused-ring (bicyclic) bond motifs is 1. The molecule has 45 heavy (non-hydrogen) atoms. The van der Waals surface area contributed by atoms with Crippen LogP contribution in [0.5, 0.6) is 0 Å². The third-order valence-electron chi connectivity index (χ3n) is 8.46. The van der Waals surface area contributed by atoms with Gasteiger partial charge in [0.1, 0.15) is 12.5 Å². The van der Waals surface area contributed by atoms with E-state index in [9.17, 15) is 28.7 Å². The van der Waals surface area contributed by atoms with E-state index < -0.39 is 37.6 Å². The van der Waals surface area contributed by atoms with Gasteiger partial charge in [-0.15, -0.1) is 0 Å². The van der Waals surface area contributed by atoms with Gasteiger partial charge in [0.2, 0.25) is 11.9 Å². The van der Waals surface area contributed by atoms with Crippen molar-refractivity contribution in [2.75, 3.05) is 23.1 Å². The fourth-order valence-electron chi connectivity index (χ4n) is 5.80.